The molecule has 0 aromatic heterocycles. The van der Waals surface area contributed by atoms with E-state index in [4.69, 9.17) is 5.11 Å². The summed E-state index contributed by atoms with van der Waals surface area (Å²) in [5, 5.41) is 8.18. The fourth-order valence-corrected chi connectivity index (χ4v) is 0.223. The average molecular weight is 123 g/mol. The maximum atomic E-state index is 8.18. The van der Waals surface area contributed by atoms with Crippen LogP contribution in [0.4, 0.5) is 0 Å². The molecule has 0 unspecified atom stereocenters. The summed E-state index contributed by atoms with van der Waals surface area (Å²) < 4.78 is 0. The standard InChI is InChI=1S/C7H9NO/c1-8(2)6-4-3-5-7-9/h9H,7H2,1-2H3. The van der Waals surface area contributed by atoms with Crippen LogP contribution in [0.25, 0.3) is 0 Å². The highest BCUT2D eigenvalue weighted by molar-refractivity contribution is 5.25. The Kier molecular flexibility index (Phi) is 4.40. The third-order valence-corrected chi connectivity index (χ3v) is 0.509. The van der Waals surface area contributed by atoms with Crippen molar-refractivity contribution in [3.05, 3.63) is 0 Å². The number of aliphatic hydroxyl groups is 1. The molecule has 0 saturated heterocycles. The van der Waals surface area contributed by atoms with E-state index in [1.54, 1.807) is 4.90 Å². The van der Waals surface area contributed by atoms with Crippen LogP contribution in [0.3, 0.4) is 0 Å². The molecule has 0 spiro atoms. The predicted octanol–water partition coefficient (Wildman–Crippen LogP) is -0.495. The van der Waals surface area contributed by atoms with E-state index in [-0.39, 0.29) is 6.61 Å². The van der Waals surface area contributed by atoms with E-state index in [1.165, 1.54) is 0 Å². The SMILES string of the molecule is CN(C)C#CC#CCO. The van der Waals surface area contributed by atoms with Crippen LogP contribution in [0.1, 0.15) is 0 Å². The fourth-order valence-electron chi connectivity index (χ4n) is 0.223. The lowest BCUT2D eigenvalue weighted by atomic mass is 10.6. The lowest BCUT2D eigenvalue weighted by Crippen LogP contribution is -2.00. The van der Waals surface area contributed by atoms with Crippen LogP contribution >= 0.6 is 0 Å². The maximum Gasteiger partial charge on any atom is 0.105 e. The first-order valence-electron chi connectivity index (χ1n) is 2.54. The van der Waals surface area contributed by atoms with Crippen molar-refractivity contribution >= 4 is 0 Å². The number of nitrogens with zero attached hydrogens (tertiary/aromatic N) is 1. The average Bonchev–Trinajstić information content (AvgIpc) is 1.80. The molecule has 0 amide bonds. The van der Waals surface area contributed by atoms with Crippen molar-refractivity contribution < 1.29 is 5.11 Å². The molecular weight excluding hydrogens is 114 g/mol. The summed E-state index contributed by atoms with van der Waals surface area (Å²) >= 11 is 0. The minimum absolute atomic E-state index is 0.123. The summed E-state index contributed by atoms with van der Waals surface area (Å²) in [5.41, 5.74) is 0. The van der Waals surface area contributed by atoms with Gasteiger partial charge >= 0.3 is 0 Å². The third-order valence-electron chi connectivity index (χ3n) is 0.509. The molecule has 9 heavy (non-hydrogen) atoms. The Balaban J connectivity index is 3.61. The van der Waals surface area contributed by atoms with Gasteiger partial charge < -0.3 is 10.0 Å². The molecule has 2 heteroatoms. The maximum absolute atomic E-state index is 8.18. The topological polar surface area (TPSA) is 23.5 Å². The van der Waals surface area contributed by atoms with Crippen LogP contribution in [0.2, 0.25) is 0 Å². The first-order valence-corrected chi connectivity index (χ1v) is 2.54. The minimum Gasteiger partial charge on any atom is -0.384 e. The van der Waals surface area contributed by atoms with Crippen molar-refractivity contribution in [3.63, 3.8) is 0 Å². The molecule has 0 atom stereocenters. The molecule has 1 N–H and O–H groups in total. The van der Waals surface area contributed by atoms with E-state index >= 15 is 0 Å². The number of hydrogen-bond donors (Lipinski definition) is 1. The van der Waals surface area contributed by atoms with E-state index in [9.17, 15) is 0 Å². The Bertz CT molecular complexity index is 175. The van der Waals surface area contributed by atoms with Gasteiger partial charge in [-0.05, 0) is 5.92 Å². The predicted molar refractivity (Wildman–Crippen MR) is 36.3 cm³/mol. The van der Waals surface area contributed by atoms with Crippen LogP contribution < -0.4 is 0 Å². The van der Waals surface area contributed by atoms with Crippen molar-refractivity contribution in [2.75, 3.05) is 20.7 Å². The molecule has 2 nitrogen and oxygen atoms in total. The molecule has 0 fully saturated rings. The van der Waals surface area contributed by atoms with Gasteiger partial charge in [0.05, 0.1) is 0 Å². The molecule has 0 radical (unpaired) electrons. The summed E-state index contributed by atoms with van der Waals surface area (Å²) in [5.74, 6) is 7.41. The smallest absolute Gasteiger partial charge is 0.105 e. The first-order chi connectivity index (χ1) is 4.27. The quantitative estimate of drug-likeness (QED) is 0.347. The lowest BCUT2D eigenvalue weighted by molar-refractivity contribution is 0.350. The van der Waals surface area contributed by atoms with Gasteiger partial charge in [0.2, 0.25) is 0 Å². The fraction of sp³-hybridized carbons (Fsp3) is 0.429. The number of hydrogen-bond acceptors (Lipinski definition) is 2. The van der Waals surface area contributed by atoms with Gasteiger partial charge in [-0.15, -0.1) is 0 Å². The van der Waals surface area contributed by atoms with Gasteiger partial charge in [0.25, 0.3) is 0 Å². The largest absolute Gasteiger partial charge is 0.384 e. The Morgan fingerprint density at radius 2 is 2.00 bits per heavy atom. The second-order valence-corrected chi connectivity index (χ2v) is 1.59. The molecule has 0 aliphatic carbocycles. The van der Waals surface area contributed by atoms with Crippen LogP contribution in [0.5, 0.6) is 0 Å². The van der Waals surface area contributed by atoms with Crippen molar-refractivity contribution in [3.8, 4) is 23.8 Å². The van der Waals surface area contributed by atoms with E-state index in [0.717, 1.165) is 0 Å². The normalized spacial score (nSPS) is 6.11. The second kappa shape index (κ2) is 5.03. The van der Waals surface area contributed by atoms with E-state index in [0.29, 0.717) is 0 Å². The highest BCUT2D eigenvalue weighted by Gasteiger charge is 1.67. The van der Waals surface area contributed by atoms with Gasteiger partial charge in [-0.2, -0.15) is 0 Å². The zero-order chi connectivity index (χ0) is 7.11. The van der Waals surface area contributed by atoms with Crippen LogP contribution in [0.15, 0.2) is 0 Å². The van der Waals surface area contributed by atoms with Gasteiger partial charge in [0, 0.05) is 26.1 Å². The molecule has 48 valence electrons. The van der Waals surface area contributed by atoms with Crippen LogP contribution in [-0.4, -0.2) is 30.7 Å². The third kappa shape index (κ3) is 6.88. The Morgan fingerprint density at radius 3 is 2.44 bits per heavy atom. The zero-order valence-electron chi connectivity index (χ0n) is 5.60. The molecule has 0 saturated carbocycles. The van der Waals surface area contributed by atoms with Crippen molar-refractivity contribution in [1.82, 2.24) is 4.90 Å². The van der Waals surface area contributed by atoms with Crippen molar-refractivity contribution in [2.24, 2.45) is 0 Å². The van der Waals surface area contributed by atoms with Gasteiger partial charge in [-0.3, -0.25) is 0 Å². The minimum atomic E-state index is -0.123. The second-order valence-electron chi connectivity index (χ2n) is 1.59. The molecular formula is C7H9NO. The number of rotatable bonds is 0. The summed E-state index contributed by atoms with van der Waals surface area (Å²) in [7, 11) is 3.65. The molecule has 0 rings (SSSR count). The summed E-state index contributed by atoms with van der Waals surface area (Å²) in [4.78, 5) is 1.70. The molecule has 0 aliphatic heterocycles. The van der Waals surface area contributed by atoms with Crippen molar-refractivity contribution in [1.29, 1.82) is 0 Å². The zero-order valence-corrected chi connectivity index (χ0v) is 5.60. The van der Waals surface area contributed by atoms with Gasteiger partial charge in [0.15, 0.2) is 0 Å². The van der Waals surface area contributed by atoms with Crippen molar-refractivity contribution in [2.45, 2.75) is 0 Å². The Morgan fingerprint density at radius 1 is 1.33 bits per heavy atom. The first kappa shape index (κ1) is 7.88. The molecule has 0 aromatic carbocycles. The van der Waals surface area contributed by atoms with E-state index < -0.39 is 0 Å². The molecule has 0 heterocycles. The molecule has 0 bridgehead atoms. The van der Waals surface area contributed by atoms with E-state index in [1.807, 2.05) is 14.1 Å². The van der Waals surface area contributed by atoms with Gasteiger partial charge in [0.1, 0.15) is 6.61 Å². The van der Waals surface area contributed by atoms with Crippen LogP contribution in [0, 0.1) is 23.8 Å². The molecule has 0 aliphatic rings. The summed E-state index contributed by atoms with van der Waals surface area (Å²) in [6.45, 7) is -0.123. The van der Waals surface area contributed by atoms with Gasteiger partial charge in [-0.25, -0.2) is 0 Å². The highest BCUT2D eigenvalue weighted by atomic mass is 16.2. The Labute approximate surface area is 55.5 Å². The van der Waals surface area contributed by atoms with Gasteiger partial charge in [-0.1, -0.05) is 5.92 Å². The van der Waals surface area contributed by atoms with Crippen LogP contribution in [-0.2, 0) is 0 Å². The summed E-state index contributed by atoms with van der Waals surface area (Å²) in [6, 6.07) is 2.68. The Hall–Kier alpha value is -1.12. The lowest BCUT2D eigenvalue weighted by Gasteiger charge is -1.94. The van der Waals surface area contributed by atoms with E-state index in [2.05, 4.69) is 23.8 Å². The monoisotopic (exact) mass is 123 g/mol. The highest BCUT2D eigenvalue weighted by Crippen LogP contribution is 1.62. The number of aliphatic hydroxyl groups excluding tert-OH is 1. The summed E-state index contributed by atoms with van der Waals surface area (Å²) in [6.07, 6.45) is 0. The molecule has 0 aromatic rings.